The number of carbonyl (C=O) groups is 2. The minimum Gasteiger partial charge on any atom is -0.465 e. The molecule has 1 atom stereocenters. The maximum Gasteiger partial charge on any atom is 0.405 e. The van der Waals surface area contributed by atoms with Crippen LogP contribution in [-0.2, 0) is 11.3 Å². The third-order valence-electron chi connectivity index (χ3n) is 3.70. The standard InChI is InChI=1S/C13H14FN3O3/c14-10-4-1-3-8-9(10)7-16-5-2-6-17(16)12(18)11(8)15-13(19)20/h1,3-4,11,15H,2,5-7H2,(H,19,20). The van der Waals surface area contributed by atoms with E-state index in [9.17, 15) is 14.0 Å². The number of rotatable bonds is 1. The molecule has 20 heavy (non-hydrogen) atoms. The molecule has 106 valence electrons. The van der Waals surface area contributed by atoms with Gasteiger partial charge < -0.3 is 10.4 Å². The van der Waals surface area contributed by atoms with E-state index in [0.717, 1.165) is 6.42 Å². The van der Waals surface area contributed by atoms with Gasteiger partial charge in [-0.25, -0.2) is 14.2 Å². The van der Waals surface area contributed by atoms with Gasteiger partial charge in [-0.2, -0.15) is 0 Å². The lowest BCUT2D eigenvalue weighted by Gasteiger charge is -2.27. The summed E-state index contributed by atoms with van der Waals surface area (Å²) in [7, 11) is 0. The molecule has 3 rings (SSSR count). The molecule has 0 spiro atoms. The number of hydrogen-bond donors (Lipinski definition) is 2. The molecule has 2 N–H and O–H groups in total. The van der Waals surface area contributed by atoms with E-state index in [-0.39, 0.29) is 12.5 Å². The molecule has 0 saturated carbocycles. The van der Waals surface area contributed by atoms with Crippen molar-refractivity contribution in [3.05, 3.63) is 35.1 Å². The summed E-state index contributed by atoms with van der Waals surface area (Å²) in [6.45, 7) is 1.48. The van der Waals surface area contributed by atoms with Gasteiger partial charge in [-0.15, -0.1) is 0 Å². The molecule has 2 heterocycles. The summed E-state index contributed by atoms with van der Waals surface area (Å²) in [5, 5.41) is 14.4. The predicted octanol–water partition coefficient (Wildman–Crippen LogP) is 1.10. The SMILES string of the molecule is O=C(O)NC1C(=O)N2CCCN2Cc2c(F)cccc21. The fraction of sp³-hybridized carbons (Fsp3) is 0.385. The zero-order chi connectivity index (χ0) is 14.3. The summed E-state index contributed by atoms with van der Waals surface area (Å²) in [6, 6.07) is 3.36. The Balaban J connectivity index is 2.10. The molecule has 6 nitrogen and oxygen atoms in total. The van der Waals surface area contributed by atoms with Crippen molar-refractivity contribution in [2.45, 2.75) is 19.0 Å². The number of carbonyl (C=O) groups excluding carboxylic acids is 1. The van der Waals surface area contributed by atoms with Crippen LogP contribution in [0, 0.1) is 5.82 Å². The molecular weight excluding hydrogens is 265 g/mol. The summed E-state index contributed by atoms with van der Waals surface area (Å²) in [5.74, 6) is -0.768. The van der Waals surface area contributed by atoms with Crippen molar-refractivity contribution in [2.24, 2.45) is 0 Å². The van der Waals surface area contributed by atoms with Gasteiger partial charge in [0.2, 0.25) is 0 Å². The van der Waals surface area contributed by atoms with E-state index in [1.54, 1.807) is 11.1 Å². The smallest absolute Gasteiger partial charge is 0.405 e. The van der Waals surface area contributed by atoms with E-state index in [2.05, 4.69) is 5.32 Å². The Hall–Kier alpha value is -2.15. The molecule has 1 unspecified atom stereocenters. The second kappa shape index (κ2) is 4.75. The van der Waals surface area contributed by atoms with Crippen LogP contribution in [-0.4, -0.2) is 40.2 Å². The van der Waals surface area contributed by atoms with Gasteiger partial charge in [-0.1, -0.05) is 12.1 Å². The Kier molecular flexibility index (Phi) is 3.06. The number of nitrogens with one attached hydrogen (secondary N) is 1. The van der Waals surface area contributed by atoms with Gasteiger partial charge in [0.05, 0.1) is 0 Å². The van der Waals surface area contributed by atoms with E-state index in [1.165, 1.54) is 17.1 Å². The maximum atomic E-state index is 14.0. The molecule has 0 radical (unpaired) electrons. The highest BCUT2D eigenvalue weighted by molar-refractivity contribution is 5.87. The van der Waals surface area contributed by atoms with Crippen molar-refractivity contribution < 1.29 is 19.1 Å². The summed E-state index contributed by atoms with van der Waals surface area (Å²) >= 11 is 0. The number of amides is 2. The fourth-order valence-electron chi connectivity index (χ4n) is 2.82. The Morgan fingerprint density at radius 1 is 1.40 bits per heavy atom. The molecule has 2 aliphatic rings. The monoisotopic (exact) mass is 279 g/mol. The van der Waals surface area contributed by atoms with Crippen LogP contribution in [0.4, 0.5) is 9.18 Å². The molecule has 1 fully saturated rings. The zero-order valence-electron chi connectivity index (χ0n) is 10.7. The molecule has 2 aliphatic heterocycles. The fourth-order valence-corrected chi connectivity index (χ4v) is 2.82. The number of carboxylic acid groups (broad SMARTS) is 1. The van der Waals surface area contributed by atoms with Crippen molar-refractivity contribution in [3.8, 4) is 0 Å². The van der Waals surface area contributed by atoms with Crippen LogP contribution in [0.15, 0.2) is 18.2 Å². The molecule has 2 amide bonds. The van der Waals surface area contributed by atoms with Crippen LogP contribution >= 0.6 is 0 Å². The number of fused-ring (bicyclic) bond motifs is 2. The quantitative estimate of drug-likeness (QED) is 0.807. The lowest BCUT2D eigenvalue weighted by atomic mass is 9.99. The van der Waals surface area contributed by atoms with Crippen molar-refractivity contribution in [1.82, 2.24) is 15.3 Å². The van der Waals surface area contributed by atoms with Crippen molar-refractivity contribution in [3.63, 3.8) is 0 Å². The highest BCUT2D eigenvalue weighted by Gasteiger charge is 2.38. The van der Waals surface area contributed by atoms with Gasteiger partial charge in [0.1, 0.15) is 11.9 Å². The highest BCUT2D eigenvalue weighted by Crippen LogP contribution is 2.30. The van der Waals surface area contributed by atoms with E-state index in [0.29, 0.717) is 24.2 Å². The molecule has 7 heteroatoms. The molecule has 0 aliphatic carbocycles. The van der Waals surface area contributed by atoms with Crippen LogP contribution in [0.1, 0.15) is 23.6 Å². The molecule has 1 saturated heterocycles. The Morgan fingerprint density at radius 3 is 2.95 bits per heavy atom. The predicted molar refractivity (Wildman–Crippen MR) is 67.0 cm³/mol. The summed E-state index contributed by atoms with van der Waals surface area (Å²) < 4.78 is 14.0. The number of hydrazine groups is 1. The van der Waals surface area contributed by atoms with Gasteiger partial charge in [-0.3, -0.25) is 9.80 Å². The lowest BCUT2D eigenvalue weighted by molar-refractivity contribution is -0.145. The average Bonchev–Trinajstić information content (AvgIpc) is 2.82. The minimum absolute atomic E-state index is 0.283. The normalized spacial score (nSPS) is 22.1. The molecule has 0 bridgehead atoms. The van der Waals surface area contributed by atoms with Crippen LogP contribution in [0.5, 0.6) is 0 Å². The second-order valence-electron chi connectivity index (χ2n) is 4.89. The Morgan fingerprint density at radius 2 is 2.20 bits per heavy atom. The maximum absolute atomic E-state index is 14.0. The van der Waals surface area contributed by atoms with Crippen LogP contribution in [0.2, 0.25) is 0 Å². The summed E-state index contributed by atoms with van der Waals surface area (Å²) in [5.41, 5.74) is 0.774. The summed E-state index contributed by atoms with van der Waals surface area (Å²) in [6.07, 6.45) is -0.499. The third kappa shape index (κ3) is 2.00. The van der Waals surface area contributed by atoms with E-state index in [1.807, 2.05) is 0 Å². The topological polar surface area (TPSA) is 72.9 Å². The van der Waals surface area contributed by atoms with Crippen molar-refractivity contribution in [1.29, 1.82) is 0 Å². The Bertz CT molecular complexity index is 578. The molecule has 0 aromatic heterocycles. The van der Waals surface area contributed by atoms with Crippen molar-refractivity contribution in [2.75, 3.05) is 13.1 Å². The van der Waals surface area contributed by atoms with E-state index < -0.39 is 18.0 Å². The molecule has 1 aromatic carbocycles. The number of hydrogen-bond acceptors (Lipinski definition) is 3. The number of halogens is 1. The van der Waals surface area contributed by atoms with Gasteiger partial charge in [-0.05, 0) is 18.1 Å². The zero-order valence-corrected chi connectivity index (χ0v) is 10.7. The second-order valence-corrected chi connectivity index (χ2v) is 4.89. The summed E-state index contributed by atoms with van der Waals surface area (Å²) in [4.78, 5) is 23.4. The van der Waals surface area contributed by atoms with Gasteiger partial charge in [0.15, 0.2) is 0 Å². The Labute approximate surface area is 114 Å². The number of nitrogens with zero attached hydrogens (tertiary/aromatic N) is 2. The van der Waals surface area contributed by atoms with Gasteiger partial charge in [0, 0.05) is 25.2 Å². The van der Waals surface area contributed by atoms with Crippen molar-refractivity contribution >= 4 is 12.0 Å². The van der Waals surface area contributed by atoms with Crippen LogP contribution in [0.25, 0.3) is 0 Å². The first-order valence-corrected chi connectivity index (χ1v) is 6.41. The van der Waals surface area contributed by atoms with Gasteiger partial charge >= 0.3 is 6.09 Å². The largest absolute Gasteiger partial charge is 0.465 e. The minimum atomic E-state index is -1.30. The van der Waals surface area contributed by atoms with E-state index in [4.69, 9.17) is 5.11 Å². The van der Waals surface area contributed by atoms with Gasteiger partial charge in [0.25, 0.3) is 5.91 Å². The third-order valence-corrected chi connectivity index (χ3v) is 3.70. The van der Waals surface area contributed by atoms with Crippen LogP contribution in [0.3, 0.4) is 0 Å². The average molecular weight is 279 g/mol. The molecule has 1 aromatic rings. The first-order valence-electron chi connectivity index (χ1n) is 6.41. The highest BCUT2D eigenvalue weighted by atomic mass is 19.1. The van der Waals surface area contributed by atoms with E-state index >= 15 is 0 Å². The first-order chi connectivity index (χ1) is 9.58. The lowest BCUT2D eigenvalue weighted by Crippen LogP contribution is -2.45. The first kappa shape index (κ1) is 12.9. The molecular formula is C13H14FN3O3. The van der Waals surface area contributed by atoms with Crippen LogP contribution < -0.4 is 5.32 Å². The number of benzene rings is 1.